The maximum Gasteiger partial charge on any atom is 0.257 e. The predicted molar refractivity (Wildman–Crippen MR) is 86.4 cm³/mol. The number of halogens is 1. The number of nitrogens with two attached hydrogens (primary N) is 1. The number of hydrogen-bond acceptors (Lipinski definition) is 3. The number of likely N-dealkylation sites (tertiary alicyclic amines) is 1. The molecule has 1 atom stereocenters. The van der Waals surface area contributed by atoms with Crippen molar-refractivity contribution < 1.29 is 4.79 Å². The molecular weight excluding hydrogens is 300 g/mol. The fourth-order valence-electron chi connectivity index (χ4n) is 2.85. The highest BCUT2D eigenvalue weighted by Crippen LogP contribution is 2.20. The van der Waals surface area contributed by atoms with E-state index in [-0.39, 0.29) is 11.9 Å². The largest absolute Gasteiger partial charge is 0.337 e. The van der Waals surface area contributed by atoms with E-state index in [4.69, 9.17) is 17.3 Å². The van der Waals surface area contributed by atoms with E-state index in [1.54, 1.807) is 10.9 Å². The van der Waals surface area contributed by atoms with E-state index in [0.717, 1.165) is 30.8 Å². The van der Waals surface area contributed by atoms with E-state index in [9.17, 15) is 4.79 Å². The molecule has 1 saturated heterocycles. The van der Waals surface area contributed by atoms with Crippen molar-refractivity contribution >= 4 is 17.5 Å². The summed E-state index contributed by atoms with van der Waals surface area (Å²) in [5.41, 5.74) is 8.24. The number of amides is 1. The van der Waals surface area contributed by atoms with Crippen LogP contribution in [0.3, 0.4) is 0 Å². The van der Waals surface area contributed by atoms with Crippen molar-refractivity contribution in [3.63, 3.8) is 0 Å². The third-order valence-corrected chi connectivity index (χ3v) is 4.27. The first kappa shape index (κ1) is 15.1. The lowest BCUT2D eigenvalue weighted by molar-refractivity contribution is 0.0708. The van der Waals surface area contributed by atoms with Gasteiger partial charge in [0.2, 0.25) is 0 Å². The van der Waals surface area contributed by atoms with Crippen LogP contribution in [0, 0.1) is 6.92 Å². The molecule has 0 aliphatic carbocycles. The molecule has 1 amide bonds. The Morgan fingerprint density at radius 1 is 1.45 bits per heavy atom. The summed E-state index contributed by atoms with van der Waals surface area (Å²) in [6.45, 7) is 3.26. The van der Waals surface area contributed by atoms with Crippen molar-refractivity contribution in [2.45, 2.75) is 25.8 Å². The number of piperidine rings is 1. The van der Waals surface area contributed by atoms with Gasteiger partial charge in [0, 0.05) is 24.2 Å². The summed E-state index contributed by atoms with van der Waals surface area (Å²) in [7, 11) is 0. The van der Waals surface area contributed by atoms with Crippen LogP contribution in [0.4, 0.5) is 0 Å². The fraction of sp³-hybridized carbons (Fsp3) is 0.375. The first-order chi connectivity index (χ1) is 10.6. The molecule has 1 unspecified atom stereocenters. The molecule has 1 aliphatic heterocycles. The Labute approximate surface area is 134 Å². The molecule has 6 heteroatoms. The molecule has 0 spiro atoms. The molecule has 2 aromatic rings. The minimum Gasteiger partial charge on any atom is -0.337 e. The maximum atomic E-state index is 12.7. The van der Waals surface area contributed by atoms with E-state index >= 15 is 0 Å². The Hall–Kier alpha value is -1.85. The quantitative estimate of drug-likeness (QED) is 0.924. The Balaban J connectivity index is 1.88. The molecule has 0 saturated carbocycles. The van der Waals surface area contributed by atoms with E-state index in [0.29, 0.717) is 17.1 Å². The van der Waals surface area contributed by atoms with Gasteiger partial charge < -0.3 is 10.6 Å². The first-order valence-electron chi connectivity index (χ1n) is 7.41. The number of carbonyl (C=O) groups is 1. The lowest BCUT2D eigenvalue weighted by Crippen LogP contribution is -2.45. The van der Waals surface area contributed by atoms with Crippen LogP contribution < -0.4 is 5.73 Å². The Morgan fingerprint density at radius 2 is 2.27 bits per heavy atom. The summed E-state index contributed by atoms with van der Waals surface area (Å²) >= 11 is 6.02. The van der Waals surface area contributed by atoms with Gasteiger partial charge in [-0.1, -0.05) is 17.7 Å². The number of nitrogens with zero attached hydrogens (tertiary/aromatic N) is 3. The third kappa shape index (κ3) is 2.87. The average Bonchev–Trinajstić information content (AvgIpc) is 2.88. The number of carbonyl (C=O) groups excluding carboxylic acids is 1. The third-order valence-electron chi connectivity index (χ3n) is 4.04. The molecule has 5 nitrogen and oxygen atoms in total. The molecule has 1 aromatic carbocycles. The lowest BCUT2D eigenvalue weighted by atomic mass is 10.1. The minimum absolute atomic E-state index is 0.000859. The van der Waals surface area contributed by atoms with Crippen molar-refractivity contribution in [2.75, 3.05) is 13.1 Å². The van der Waals surface area contributed by atoms with Gasteiger partial charge in [-0.25, -0.2) is 4.68 Å². The number of aromatic nitrogens is 2. The SMILES string of the molecule is Cc1c(C(=O)N2CCCC(N)C2)cnn1-c1cccc(Cl)c1. The summed E-state index contributed by atoms with van der Waals surface area (Å²) < 4.78 is 1.74. The Kier molecular flexibility index (Phi) is 4.18. The summed E-state index contributed by atoms with van der Waals surface area (Å²) in [5, 5.41) is 4.98. The fourth-order valence-corrected chi connectivity index (χ4v) is 3.04. The normalized spacial score (nSPS) is 18.5. The molecule has 1 fully saturated rings. The van der Waals surface area contributed by atoms with Crippen LogP contribution in [0.25, 0.3) is 5.69 Å². The molecule has 2 N–H and O–H groups in total. The van der Waals surface area contributed by atoms with Gasteiger partial charge in [-0.2, -0.15) is 5.10 Å². The van der Waals surface area contributed by atoms with E-state index in [2.05, 4.69) is 5.10 Å². The van der Waals surface area contributed by atoms with Gasteiger partial charge >= 0.3 is 0 Å². The van der Waals surface area contributed by atoms with Gasteiger partial charge in [-0.05, 0) is 38.0 Å². The first-order valence-corrected chi connectivity index (χ1v) is 7.79. The van der Waals surface area contributed by atoms with Crippen LogP contribution in [-0.2, 0) is 0 Å². The zero-order chi connectivity index (χ0) is 15.7. The molecular formula is C16H19ClN4O. The van der Waals surface area contributed by atoms with Crippen LogP contribution in [0.2, 0.25) is 5.02 Å². The van der Waals surface area contributed by atoms with Gasteiger partial charge in [0.15, 0.2) is 0 Å². The molecule has 22 heavy (non-hydrogen) atoms. The molecule has 1 aliphatic rings. The van der Waals surface area contributed by atoms with E-state index in [1.807, 2.05) is 36.1 Å². The van der Waals surface area contributed by atoms with Gasteiger partial charge in [0.25, 0.3) is 5.91 Å². The zero-order valence-corrected chi connectivity index (χ0v) is 13.3. The second kappa shape index (κ2) is 6.10. The maximum absolute atomic E-state index is 12.7. The molecule has 0 radical (unpaired) electrons. The number of benzene rings is 1. The monoisotopic (exact) mass is 318 g/mol. The highest BCUT2D eigenvalue weighted by atomic mass is 35.5. The summed E-state index contributed by atoms with van der Waals surface area (Å²) in [6.07, 6.45) is 3.55. The number of rotatable bonds is 2. The van der Waals surface area contributed by atoms with Crippen LogP contribution in [0.1, 0.15) is 28.9 Å². The van der Waals surface area contributed by atoms with E-state index < -0.39 is 0 Å². The summed E-state index contributed by atoms with van der Waals surface area (Å²) in [6, 6.07) is 7.49. The van der Waals surface area contributed by atoms with E-state index in [1.165, 1.54) is 0 Å². The average molecular weight is 319 g/mol. The summed E-state index contributed by atoms with van der Waals surface area (Å²) in [5.74, 6) is 0.000859. The van der Waals surface area contributed by atoms with Gasteiger partial charge in [-0.15, -0.1) is 0 Å². The molecule has 116 valence electrons. The van der Waals surface area contributed by atoms with Gasteiger partial charge in [0.05, 0.1) is 23.1 Å². The van der Waals surface area contributed by atoms with Crippen molar-refractivity contribution in [3.05, 3.63) is 46.7 Å². The topological polar surface area (TPSA) is 64.2 Å². The lowest BCUT2D eigenvalue weighted by Gasteiger charge is -2.30. The Morgan fingerprint density at radius 3 is 3.00 bits per heavy atom. The second-order valence-electron chi connectivity index (χ2n) is 5.69. The van der Waals surface area contributed by atoms with Crippen molar-refractivity contribution in [3.8, 4) is 5.69 Å². The van der Waals surface area contributed by atoms with Crippen molar-refractivity contribution in [1.82, 2.24) is 14.7 Å². The highest BCUT2D eigenvalue weighted by molar-refractivity contribution is 6.30. The Bertz CT molecular complexity index is 697. The van der Waals surface area contributed by atoms with Gasteiger partial charge in [-0.3, -0.25) is 4.79 Å². The van der Waals surface area contributed by atoms with Crippen LogP contribution >= 0.6 is 11.6 Å². The smallest absolute Gasteiger partial charge is 0.257 e. The molecule has 0 bridgehead atoms. The predicted octanol–water partition coefficient (Wildman–Crippen LogP) is 2.40. The minimum atomic E-state index is 0.000859. The molecule has 2 heterocycles. The molecule has 3 rings (SSSR count). The van der Waals surface area contributed by atoms with Crippen LogP contribution in [0.15, 0.2) is 30.5 Å². The highest BCUT2D eigenvalue weighted by Gasteiger charge is 2.25. The van der Waals surface area contributed by atoms with Crippen LogP contribution in [0.5, 0.6) is 0 Å². The second-order valence-corrected chi connectivity index (χ2v) is 6.13. The number of hydrogen-bond donors (Lipinski definition) is 1. The summed E-state index contributed by atoms with van der Waals surface area (Å²) in [4.78, 5) is 14.5. The van der Waals surface area contributed by atoms with Crippen molar-refractivity contribution in [2.24, 2.45) is 5.73 Å². The molecule has 1 aromatic heterocycles. The van der Waals surface area contributed by atoms with Gasteiger partial charge in [0.1, 0.15) is 0 Å². The van der Waals surface area contributed by atoms with Crippen molar-refractivity contribution in [1.29, 1.82) is 0 Å². The zero-order valence-electron chi connectivity index (χ0n) is 12.5. The van der Waals surface area contributed by atoms with Crippen LogP contribution in [-0.4, -0.2) is 39.7 Å². The standard InChI is InChI=1S/C16H19ClN4O/c1-11-15(16(22)20-7-3-5-13(18)10-20)9-19-21(11)14-6-2-4-12(17)8-14/h2,4,6,8-9,13H,3,5,7,10,18H2,1H3.